The molecule has 1 aromatic carbocycles. The summed E-state index contributed by atoms with van der Waals surface area (Å²) in [7, 11) is 0. The van der Waals surface area contributed by atoms with Gasteiger partial charge in [-0.25, -0.2) is 9.48 Å². The number of halogens is 1. The zero-order valence-corrected chi connectivity index (χ0v) is 11.5. The largest absolute Gasteiger partial charge is 0.477 e. The first kappa shape index (κ1) is 12.2. The van der Waals surface area contributed by atoms with Crippen molar-refractivity contribution in [2.24, 2.45) is 0 Å². The fourth-order valence-electron chi connectivity index (χ4n) is 1.94. The fourth-order valence-corrected chi connectivity index (χ4v) is 3.17. The second-order valence-electron chi connectivity index (χ2n) is 4.08. The molecule has 96 valence electrons. The van der Waals surface area contributed by atoms with Crippen LogP contribution in [0.2, 0.25) is 5.02 Å². The number of carboxylic acid groups (broad SMARTS) is 1. The van der Waals surface area contributed by atoms with E-state index in [1.165, 1.54) is 11.3 Å². The Morgan fingerprint density at radius 1 is 1.42 bits per heavy atom. The molecule has 2 aromatic heterocycles. The number of carboxylic acids is 1. The number of para-hydroxylation sites is 1. The minimum Gasteiger partial charge on any atom is -0.477 e. The van der Waals surface area contributed by atoms with Gasteiger partial charge in [-0.3, -0.25) is 0 Å². The molecule has 2 heterocycles. The Kier molecular flexibility index (Phi) is 2.80. The molecule has 0 aliphatic rings. The smallest absolute Gasteiger partial charge is 0.345 e. The molecule has 0 atom stereocenters. The van der Waals surface area contributed by atoms with Crippen LogP contribution >= 0.6 is 22.9 Å². The van der Waals surface area contributed by atoms with Crippen molar-refractivity contribution in [3.8, 4) is 5.69 Å². The summed E-state index contributed by atoms with van der Waals surface area (Å²) in [5.41, 5.74) is 1.54. The van der Waals surface area contributed by atoms with Crippen molar-refractivity contribution < 1.29 is 9.90 Å². The van der Waals surface area contributed by atoms with E-state index in [2.05, 4.69) is 5.10 Å². The maximum absolute atomic E-state index is 11.0. The summed E-state index contributed by atoms with van der Waals surface area (Å²) in [5.74, 6) is -0.925. The van der Waals surface area contributed by atoms with E-state index in [1.807, 2.05) is 25.1 Å². The number of rotatable bonds is 2. The quantitative estimate of drug-likeness (QED) is 0.782. The Labute approximate surface area is 117 Å². The molecule has 3 aromatic rings. The summed E-state index contributed by atoms with van der Waals surface area (Å²) < 4.78 is 1.70. The summed E-state index contributed by atoms with van der Waals surface area (Å²) in [6.45, 7) is 1.86. The summed E-state index contributed by atoms with van der Waals surface area (Å²) in [5, 5.41) is 14.9. The third-order valence-electron chi connectivity index (χ3n) is 2.84. The van der Waals surface area contributed by atoms with E-state index in [0.717, 1.165) is 21.6 Å². The van der Waals surface area contributed by atoms with E-state index in [0.29, 0.717) is 9.90 Å². The zero-order chi connectivity index (χ0) is 13.6. The number of hydrogen-bond donors (Lipinski definition) is 1. The fraction of sp³-hybridized carbons (Fsp3) is 0.0769. The highest BCUT2D eigenvalue weighted by Gasteiger charge is 2.17. The monoisotopic (exact) mass is 292 g/mol. The first-order valence-corrected chi connectivity index (χ1v) is 6.74. The van der Waals surface area contributed by atoms with E-state index >= 15 is 0 Å². The second-order valence-corrected chi connectivity index (χ2v) is 5.52. The minimum atomic E-state index is -0.925. The van der Waals surface area contributed by atoms with Crippen LogP contribution in [-0.4, -0.2) is 20.9 Å². The third-order valence-corrected chi connectivity index (χ3v) is 4.25. The van der Waals surface area contributed by atoms with Gasteiger partial charge in [0.2, 0.25) is 0 Å². The average molecular weight is 293 g/mol. The van der Waals surface area contributed by atoms with Crippen molar-refractivity contribution in [1.82, 2.24) is 9.78 Å². The molecule has 1 N–H and O–H groups in total. The van der Waals surface area contributed by atoms with Crippen LogP contribution in [0, 0.1) is 6.92 Å². The lowest BCUT2D eigenvalue weighted by molar-refractivity contribution is 0.0702. The normalized spacial score (nSPS) is 11.1. The number of aromatic carboxylic acids is 1. The van der Waals surface area contributed by atoms with Crippen molar-refractivity contribution in [3.63, 3.8) is 0 Å². The Bertz CT molecular complexity index is 791. The Morgan fingerprint density at radius 2 is 2.16 bits per heavy atom. The Morgan fingerprint density at radius 3 is 2.84 bits per heavy atom. The van der Waals surface area contributed by atoms with Gasteiger partial charge in [-0.15, -0.1) is 11.3 Å². The molecule has 19 heavy (non-hydrogen) atoms. The number of fused-ring (bicyclic) bond motifs is 1. The van der Waals surface area contributed by atoms with Gasteiger partial charge in [-0.05, 0) is 25.1 Å². The molecule has 0 fully saturated rings. The standard InChI is InChI=1S/C13H9ClN2O2S/c1-7-8-6-11(13(17)18)19-12(8)16(15-7)10-5-3-2-4-9(10)14/h2-6H,1H3,(H,17,18). The van der Waals surface area contributed by atoms with Crippen LogP contribution in [0.3, 0.4) is 0 Å². The molecule has 0 spiro atoms. The molecule has 0 bridgehead atoms. The molecule has 6 heteroatoms. The van der Waals surface area contributed by atoms with Crippen molar-refractivity contribution in [2.45, 2.75) is 6.92 Å². The van der Waals surface area contributed by atoms with Crippen LogP contribution in [0.25, 0.3) is 15.9 Å². The second kappa shape index (κ2) is 4.36. The molecule has 0 saturated heterocycles. The van der Waals surface area contributed by atoms with E-state index < -0.39 is 5.97 Å². The molecular weight excluding hydrogens is 284 g/mol. The van der Waals surface area contributed by atoms with E-state index in [9.17, 15) is 4.79 Å². The van der Waals surface area contributed by atoms with Gasteiger partial charge in [0.05, 0.1) is 16.4 Å². The number of benzene rings is 1. The number of aryl methyl sites for hydroxylation is 1. The van der Waals surface area contributed by atoms with Gasteiger partial charge < -0.3 is 5.11 Å². The molecule has 0 saturated carbocycles. The highest BCUT2D eigenvalue weighted by molar-refractivity contribution is 7.20. The maximum atomic E-state index is 11.0. The molecule has 0 unspecified atom stereocenters. The van der Waals surface area contributed by atoms with Crippen LogP contribution in [0.1, 0.15) is 15.4 Å². The van der Waals surface area contributed by atoms with Crippen LogP contribution < -0.4 is 0 Å². The summed E-state index contributed by atoms with van der Waals surface area (Å²) in [6, 6.07) is 9.00. The lowest BCUT2D eigenvalue weighted by Gasteiger charge is -2.03. The first-order chi connectivity index (χ1) is 9.08. The highest BCUT2D eigenvalue weighted by Crippen LogP contribution is 2.32. The number of nitrogens with zero attached hydrogens (tertiary/aromatic N) is 2. The number of thiophene rings is 1. The first-order valence-electron chi connectivity index (χ1n) is 5.55. The lowest BCUT2D eigenvalue weighted by atomic mass is 10.3. The van der Waals surface area contributed by atoms with Gasteiger partial charge in [0, 0.05) is 5.39 Å². The minimum absolute atomic E-state index is 0.302. The summed E-state index contributed by atoms with van der Waals surface area (Å²) >= 11 is 7.36. The summed E-state index contributed by atoms with van der Waals surface area (Å²) in [6.07, 6.45) is 0. The van der Waals surface area contributed by atoms with Crippen molar-refractivity contribution >= 4 is 39.1 Å². The van der Waals surface area contributed by atoms with E-state index in [1.54, 1.807) is 16.8 Å². The van der Waals surface area contributed by atoms with Gasteiger partial charge >= 0.3 is 5.97 Å². The number of carbonyl (C=O) groups is 1. The predicted molar refractivity (Wildman–Crippen MR) is 75.7 cm³/mol. The molecule has 0 amide bonds. The molecule has 3 rings (SSSR count). The van der Waals surface area contributed by atoms with Gasteiger partial charge in [0.15, 0.2) is 0 Å². The predicted octanol–water partition coefficient (Wildman–Crippen LogP) is 3.75. The SMILES string of the molecule is Cc1nn(-c2ccccc2Cl)c2sc(C(=O)O)cc12. The lowest BCUT2D eigenvalue weighted by Crippen LogP contribution is -1.97. The van der Waals surface area contributed by atoms with Crippen LogP contribution in [0.5, 0.6) is 0 Å². The van der Waals surface area contributed by atoms with Crippen molar-refractivity contribution in [3.05, 3.63) is 45.9 Å². The molecule has 0 radical (unpaired) electrons. The van der Waals surface area contributed by atoms with Crippen molar-refractivity contribution in [2.75, 3.05) is 0 Å². The van der Waals surface area contributed by atoms with Gasteiger partial charge in [0.1, 0.15) is 9.71 Å². The zero-order valence-electron chi connectivity index (χ0n) is 9.92. The van der Waals surface area contributed by atoms with Gasteiger partial charge in [-0.1, -0.05) is 23.7 Å². The average Bonchev–Trinajstić information content (AvgIpc) is 2.92. The number of aromatic nitrogens is 2. The van der Waals surface area contributed by atoms with Crippen LogP contribution in [0.15, 0.2) is 30.3 Å². The third kappa shape index (κ3) is 1.91. The van der Waals surface area contributed by atoms with Gasteiger partial charge in [-0.2, -0.15) is 5.10 Å². The van der Waals surface area contributed by atoms with Gasteiger partial charge in [0.25, 0.3) is 0 Å². The molecular formula is C13H9ClN2O2S. The van der Waals surface area contributed by atoms with Crippen molar-refractivity contribution in [1.29, 1.82) is 0 Å². The van der Waals surface area contributed by atoms with Crippen LogP contribution in [0.4, 0.5) is 0 Å². The maximum Gasteiger partial charge on any atom is 0.345 e. The highest BCUT2D eigenvalue weighted by atomic mass is 35.5. The molecule has 0 aliphatic heterocycles. The topological polar surface area (TPSA) is 55.1 Å². The van der Waals surface area contributed by atoms with E-state index in [4.69, 9.17) is 16.7 Å². The van der Waals surface area contributed by atoms with E-state index in [-0.39, 0.29) is 0 Å². The Hall–Kier alpha value is -1.85. The summed E-state index contributed by atoms with van der Waals surface area (Å²) in [4.78, 5) is 12.1. The number of hydrogen-bond acceptors (Lipinski definition) is 3. The Balaban J connectivity index is 2.30. The van der Waals surface area contributed by atoms with Crippen LogP contribution in [-0.2, 0) is 0 Å². The molecule has 4 nitrogen and oxygen atoms in total. The molecule has 0 aliphatic carbocycles.